The highest BCUT2D eigenvalue weighted by Gasteiger charge is 2.45. The van der Waals surface area contributed by atoms with Crippen molar-refractivity contribution in [1.82, 2.24) is 15.1 Å². The van der Waals surface area contributed by atoms with Gasteiger partial charge in [0.05, 0.1) is 11.2 Å². The third-order valence-corrected chi connectivity index (χ3v) is 6.85. The summed E-state index contributed by atoms with van der Waals surface area (Å²) in [6, 6.07) is 3.65. The summed E-state index contributed by atoms with van der Waals surface area (Å²) in [6.07, 6.45) is 8.71. The summed E-state index contributed by atoms with van der Waals surface area (Å²) in [5.41, 5.74) is 3.91. The number of rotatable bonds is 8. The normalized spacial score (nSPS) is 19.0. The fourth-order valence-corrected chi connectivity index (χ4v) is 4.81. The van der Waals surface area contributed by atoms with Gasteiger partial charge in [-0.2, -0.15) is 0 Å². The second-order valence-electron chi connectivity index (χ2n) is 9.80. The summed E-state index contributed by atoms with van der Waals surface area (Å²) in [7, 11) is 0. The van der Waals surface area contributed by atoms with Gasteiger partial charge in [0.25, 0.3) is 0 Å². The molecule has 1 aromatic carbocycles. The van der Waals surface area contributed by atoms with Crippen molar-refractivity contribution in [2.75, 3.05) is 13.1 Å². The van der Waals surface area contributed by atoms with Crippen LogP contribution in [0.1, 0.15) is 66.4 Å². The number of hydrogen-bond donors (Lipinski definition) is 1. The van der Waals surface area contributed by atoms with Crippen LogP contribution in [-0.4, -0.2) is 35.1 Å². The highest BCUT2D eigenvalue weighted by atomic mass is 19.1. The largest absolute Gasteiger partial charge is 0.371 e. The van der Waals surface area contributed by atoms with Crippen LogP contribution >= 0.6 is 0 Å². The van der Waals surface area contributed by atoms with Crippen molar-refractivity contribution in [2.45, 2.75) is 72.9 Å². The molecule has 6 heteroatoms. The number of nitrogens with zero attached hydrogens (tertiary/aromatic N) is 3. The van der Waals surface area contributed by atoms with Crippen molar-refractivity contribution in [3.63, 3.8) is 0 Å². The van der Waals surface area contributed by atoms with Gasteiger partial charge in [0, 0.05) is 36.6 Å². The molecule has 1 spiro atoms. The Morgan fingerprint density at radius 1 is 1.22 bits per heavy atom. The van der Waals surface area contributed by atoms with E-state index in [0.717, 1.165) is 61.1 Å². The van der Waals surface area contributed by atoms with Crippen molar-refractivity contribution >= 4 is 6.72 Å². The van der Waals surface area contributed by atoms with Gasteiger partial charge in [0.1, 0.15) is 11.6 Å². The highest BCUT2D eigenvalue weighted by Crippen LogP contribution is 2.42. The SMILES string of the molecule is C=CC1=C(N=C)N(C(=C)C=C(C)C)/C(=C\C(C)CC)C2(CCN(Cc3cc(F)ccc3F)CC2)N1.CC. The van der Waals surface area contributed by atoms with E-state index < -0.39 is 5.82 Å². The number of nitrogens with one attached hydrogen (secondary N) is 1. The summed E-state index contributed by atoms with van der Waals surface area (Å²) >= 11 is 0. The first-order valence-electron chi connectivity index (χ1n) is 13.3. The Hall–Kier alpha value is -2.99. The van der Waals surface area contributed by atoms with Crippen LogP contribution in [0.5, 0.6) is 0 Å². The smallest absolute Gasteiger partial charge is 0.160 e. The van der Waals surface area contributed by atoms with Crippen molar-refractivity contribution < 1.29 is 8.78 Å². The average molecular weight is 511 g/mol. The van der Waals surface area contributed by atoms with Crippen LogP contribution in [0.4, 0.5) is 8.78 Å². The first kappa shape index (κ1) is 30.2. The van der Waals surface area contributed by atoms with Gasteiger partial charge in [0.15, 0.2) is 5.82 Å². The van der Waals surface area contributed by atoms with Crippen LogP contribution in [0.15, 0.2) is 83.1 Å². The molecular formula is C31H44F2N4. The lowest BCUT2D eigenvalue weighted by Crippen LogP contribution is -2.59. The number of aliphatic imine (C=N–C) groups is 1. The third-order valence-electron chi connectivity index (χ3n) is 6.85. The summed E-state index contributed by atoms with van der Waals surface area (Å²) in [6.45, 7) is 26.5. The van der Waals surface area contributed by atoms with Gasteiger partial charge in [-0.15, -0.1) is 0 Å². The Bertz CT molecular complexity index is 1070. The van der Waals surface area contributed by atoms with Gasteiger partial charge in [0.2, 0.25) is 0 Å². The molecule has 0 amide bonds. The molecule has 1 saturated heterocycles. The molecular weight excluding hydrogens is 466 g/mol. The Morgan fingerprint density at radius 2 is 1.86 bits per heavy atom. The molecule has 0 radical (unpaired) electrons. The minimum Gasteiger partial charge on any atom is -0.371 e. The van der Waals surface area contributed by atoms with Crippen LogP contribution in [0, 0.1) is 17.6 Å². The van der Waals surface area contributed by atoms with Crippen LogP contribution in [0.3, 0.4) is 0 Å². The van der Waals surface area contributed by atoms with Gasteiger partial charge < -0.3 is 5.32 Å². The second kappa shape index (κ2) is 13.5. The molecule has 0 bridgehead atoms. The van der Waals surface area contributed by atoms with E-state index in [2.05, 4.69) is 66.0 Å². The van der Waals surface area contributed by atoms with E-state index in [4.69, 9.17) is 0 Å². The molecule has 0 aliphatic carbocycles. The highest BCUT2D eigenvalue weighted by molar-refractivity contribution is 5.46. The molecule has 1 N–H and O–H groups in total. The van der Waals surface area contributed by atoms with E-state index in [9.17, 15) is 8.78 Å². The average Bonchev–Trinajstić information content (AvgIpc) is 2.88. The monoisotopic (exact) mass is 510 g/mol. The van der Waals surface area contributed by atoms with E-state index in [1.54, 1.807) is 6.08 Å². The fraction of sp³-hybridized carbons (Fsp3) is 0.452. The Labute approximate surface area is 222 Å². The van der Waals surface area contributed by atoms with E-state index in [0.29, 0.717) is 23.8 Å². The summed E-state index contributed by atoms with van der Waals surface area (Å²) in [4.78, 5) is 8.66. The zero-order valence-electron chi connectivity index (χ0n) is 23.5. The van der Waals surface area contributed by atoms with Gasteiger partial charge in [-0.3, -0.25) is 9.80 Å². The first-order chi connectivity index (χ1) is 17.6. The Kier molecular flexibility index (Phi) is 11.1. The van der Waals surface area contributed by atoms with Crippen molar-refractivity contribution in [3.8, 4) is 0 Å². The fourth-order valence-electron chi connectivity index (χ4n) is 4.81. The zero-order chi connectivity index (χ0) is 27.8. The molecule has 1 aromatic rings. The number of allylic oxidation sites excluding steroid dienone is 4. The molecule has 0 aromatic heterocycles. The molecule has 2 aliphatic rings. The maximum Gasteiger partial charge on any atom is 0.160 e. The summed E-state index contributed by atoms with van der Waals surface area (Å²) in [5, 5.41) is 3.74. The molecule has 202 valence electrons. The van der Waals surface area contributed by atoms with Gasteiger partial charge in [-0.05, 0) is 69.7 Å². The third kappa shape index (κ3) is 7.07. The molecule has 1 atom stereocenters. The van der Waals surface area contributed by atoms with Gasteiger partial charge in [-0.1, -0.05) is 58.9 Å². The molecule has 0 saturated carbocycles. The number of piperidine rings is 1. The molecule has 1 fully saturated rings. The summed E-state index contributed by atoms with van der Waals surface area (Å²) < 4.78 is 28.0. The molecule has 3 rings (SSSR count). The predicted molar refractivity (Wildman–Crippen MR) is 153 cm³/mol. The maximum absolute atomic E-state index is 14.3. The Balaban J connectivity index is 0.00000235. The van der Waals surface area contributed by atoms with Crippen LogP contribution < -0.4 is 5.32 Å². The van der Waals surface area contributed by atoms with Gasteiger partial charge in [-0.25, -0.2) is 13.8 Å². The van der Waals surface area contributed by atoms with Crippen LogP contribution in [-0.2, 0) is 6.54 Å². The molecule has 2 heterocycles. The van der Waals surface area contributed by atoms with Crippen molar-refractivity contribution in [2.24, 2.45) is 10.9 Å². The van der Waals surface area contributed by atoms with E-state index in [-0.39, 0.29) is 11.4 Å². The zero-order valence-corrected chi connectivity index (χ0v) is 23.5. The lowest BCUT2D eigenvalue weighted by molar-refractivity contribution is 0.134. The lowest BCUT2D eigenvalue weighted by atomic mass is 9.79. The maximum atomic E-state index is 14.3. The van der Waals surface area contributed by atoms with Gasteiger partial charge >= 0.3 is 0 Å². The quantitative estimate of drug-likeness (QED) is 0.287. The number of likely N-dealkylation sites (tertiary alicyclic amines) is 1. The first-order valence-corrected chi connectivity index (χ1v) is 13.3. The molecule has 4 nitrogen and oxygen atoms in total. The number of benzene rings is 1. The Morgan fingerprint density at radius 3 is 2.41 bits per heavy atom. The summed E-state index contributed by atoms with van der Waals surface area (Å²) in [5.74, 6) is 0.247. The van der Waals surface area contributed by atoms with Crippen molar-refractivity contribution in [3.05, 3.63) is 95.3 Å². The van der Waals surface area contributed by atoms with Crippen molar-refractivity contribution in [1.29, 1.82) is 0 Å². The van der Waals surface area contributed by atoms with Crippen LogP contribution in [0.25, 0.3) is 0 Å². The number of hydrogen-bond acceptors (Lipinski definition) is 4. The molecule has 37 heavy (non-hydrogen) atoms. The van der Waals surface area contributed by atoms with Crippen LogP contribution in [0.2, 0.25) is 0 Å². The van der Waals surface area contributed by atoms with E-state index >= 15 is 0 Å². The molecule has 1 unspecified atom stereocenters. The second-order valence-corrected chi connectivity index (χ2v) is 9.80. The standard InChI is InChI=1S/C29H38F2N4.C2H6/c1-8-21(5)17-27-29(33-26(9-2)28(32-7)35(27)22(6)16-20(3)4)12-14-34(15-13-29)19-23-18-24(30)10-11-25(23)31;1-2/h9-11,16-18,21,33H,2,6-8,12-15,19H2,1,3-5H3;1-2H3/b27-17-;. The predicted octanol–water partition coefficient (Wildman–Crippen LogP) is 7.70. The number of halogens is 2. The minimum absolute atomic E-state index is 0.349. The molecule has 2 aliphatic heterocycles. The topological polar surface area (TPSA) is 30.9 Å². The minimum atomic E-state index is -0.416. The van der Waals surface area contributed by atoms with E-state index in [1.807, 2.05) is 27.7 Å². The van der Waals surface area contributed by atoms with E-state index in [1.165, 1.54) is 12.1 Å². The lowest BCUT2D eigenvalue weighted by Gasteiger charge is -2.51.